The number of carbonyl (C=O) groups is 1. The lowest BCUT2D eigenvalue weighted by atomic mass is 10.3. The average molecular weight is 294 g/mol. The largest absolute Gasteiger partial charge is 0.437 e. The zero-order valence-electron chi connectivity index (χ0n) is 8.63. The Balaban J connectivity index is 2.30. The van der Waals surface area contributed by atoms with Crippen molar-refractivity contribution in [2.75, 3.05) is 0 Å². The van der Waals surface area contributed by atoms with Crippen LogP contribution >= 0.6 is 15.9 Å². The third kappa shape index (κ3) is 2.79. The Morgan fingerprint density at radius 2 is 1.82 bits per heavy atom. The molecular formula is C11H8BrN3O2. The summed E-state index contributed by atoms with van der Waals surface area (Å²) in [4.78, 5) is 18.8. The quantitative estimate of drug-likeness (QED) is 0.940. The van der Waals surface area contributed by atoms with Gasteiger partial charge in [0.25, 0.3) is 11.8 Å². The lowest BCUT2D eigenvalue weighted by Gasteiger charge is -2.06. The van der Waals surface area contributed by atoms with Crippen molar-refractivity contribution in [2.24, 2.45) is 5.73 Å². The van der Waals surface area contributed by atoms with Gasteiger partial charge in [-0.3, -0.25) is 4.79 Å². The maximum atomic E-state index is 11.1. The number of amides is 1. The molecule has 5 nitrogen and oxygen atoms in total. The van der Waals surface area contributed by atoms with Crippen LogP contribution in [0.2, 0.25) is 0 Å². The zero-order valence-corrected chi connectivity index (χ0v) is 10.2. The monoisotopic (exact) mass is 293 g/mol. The van der Waals surface area contributed by atoms with Crippen LogP contribution in [0.3, 0.4) is 0 Å². The summed E-state index contributed by atoms with van der Waals surface area (Å²) in [6.45, 7) is 0. The lowest BCUT2D eigenvalue weighted by molar-refractivity contribution is 0.0992. The van der Waals surface area contributed by atoms with Gasteiger partial charge in [-0.2, -0.15) is 0 Å². The van der Waals surface area contributed by atoms with E-state index in [9.17, 15) is 4.79 Å². The van der Waals surface area contributed by atoms with E-state index in [1.807, 2.05) is 12.1 Å². The van der Waals surface area contributed by atoms with Crippen molar-refractivity contribution in [3.8, 4) is 11.6 Å². The van der Waals surface area contributed by atoms with Crippen molar-refractivity contribution in [1.29, 1.82) is 0 Å². The van der Waals surface area contributed by atoms with Crippen molar-refractivity contribution in [2.45, 2.75) is 0 Å². The molecule has 2 N–H and O–H groups in total. The van der Waals surface area contributed by atoms with Crippen LogP contribution < -0.4 is 10.5 Å². The number of carbonyl (C=O) groups excluding carboxylic acids is 1. The molecule has 2 aromatic rings. The molecule has 6 heteroatoms. The first-order chi connectivity index (χ1) is 8.16. The predicted octanol–water partition coefficient (Wildman–Crippen LogP) is 2.13. The Morgan fingerprint density at radius 1 is 1.18 bits per heavy atom. The Kier molecular flexibility index (Phi) is 3.34. The first-order valence-corrected chi connectivity index (χ1v) is 5.50. The third-order valence-corrected chi connectivity index (χ3v) is 2.45. The topological polar surface area (TPSA) is 78.1 Å². The highest BCUT2D eigenvalue weighted by Crippen LogP contribution is 2.23. The van der Waals surface area contributed by atoms with Gasteiger partial charge >= 0.3 is 0 Å². The van der Waals surface area contributed by atoms with E-state index in [4.69, 9.17) is 10.5 Å². The van der Waals surface area contributed by atoms with Gasteiger partial charge in [0.1, 0.15) is 5.75 Å². The third-order valence-electron chi connectivity index (χ3n) is 1.93. The minimum absolute atomic E-state index is 0.00965. The summed E-state index contributed by atoms with van der Waals surface area (Å²) in [5.74, 6) is -0.0243. The van der Waals surface area contributed by atoms with E-state index in [1.165, 1.54) is 12.4 Å². The minimum Gasteiger partial charge on any atom is -0.437 e. The molecule has 0 spiro atoms. The number of nitrogens with zero attached hydrogens (tertiary/aromatic N) is 2. The average Bonchev–Trinajstić information content (AvgIpc) is 2.32. The highest BCUT2D eigenvalue weighted by molar-refractivity contribution is 9.10. The van der Waals surface area contributed by atoms with E-state index in [1.54, 1.807) is 12.1 Å². The molecule has 17 heavy (non-hydrogen) atoms. The van der Waals surface area contributed by atoms with Gasteiger partial charge in [-0.1, -0.05) is 15.9 Å². The predicted molar refractivity (Wildman–Crippen MR) is 64.8 cm³/mol. The Hall–Kier alpha value is -1.95. The second-order valence-electron chi connectivity index (χ2n) is 3.13. The second kappa shape index (κ2) is 4.92. The van der Waals surface area contributed by atoms with Crippen LogP contribution in [0.5, 0.6) is 11.6 Å². The van der Waals surface area contributed by atoms with Crippen LogP contribution in [0.4, 0.5) is 0 Å². The van der Waals surface area contributed by atoms with E-state index in [2.05, 4.69) is 25.9 Å². The van der Waals surface area contributed by atoms with Gasteiger partial charge in [-0.05, 0) is 24.3 Å². The number of benzene rings is 1. The fourth-order valence-electron chi connectivity index (χ4n) is 1.18. The van der Waals surface area contributed by atoms with Gasteiger partial charge in [-0.25, -0.2) is 9.97 Å². The molecule has 1 aromatic heterocycles. The van der Waals surface area contributed by atoms with E-state index in [-0.39, 0.29) is 11.6 Å². The molecule has 86 valence electrons. The fraction of sp³-hybridized carbons (Fsp3) is 0. The van der Waals surface area contributed by atoms with Crippen LogP contribution in [0.1, 0.15) is 10.5 Å². The van der Waals surface area contributed by atoms with Gasteiger partial charge < -0.3 is 10.5 Å². The van der Waals surface area contributed by atoms with Gasteiger partial charge in [0.2, 0.25) is 0 Å². The SMILES string of the molecule is NC(=O)c1nccnc1Oc1ccc(Br)cc1. The maximum absolute atomic E-state index is 11.1. The molecule has 0 fully saturated rings. The van der Waals surface area contributed by atoms with Gasteiger partial charge in [0, 0.05) is 16.9 Å². The van der Waals surface area contributed by atoms with Crippen molar-refractivity contribution in [1.82, 2.24) is 9.97 Å². The smallest absolute Gasteiger partial charge is 0.272 e. The molecule has 0 saturated heterocycles. The summed E-state index contributed by atoms with van der Waals surface area (Å²) in [6, 6.07) is 7.11. The first kappa shape index (κ1) is 11.5. The molecular weight excluding hydrogens is 286 g/mol. The molecule has 0 saturated carbocycles. The van der Waals surface area contributed by atoms with E-state index >= 15 is 0 Å². The summed E-state index contributed by atoms with van der Waals surface area (Å²) < 4.78 is 6.36. The second-order valence-corrected chi connectivity index (χ2v) is 4.05. The van der Waals surface area contributed by atoms with E-state index < -0.39 is 5.91 Å². The van der Waals surface area contributed by atoms with Crippen molar-refractivity contribution >= 4 is 21.8 Å². The molecule has 0 bridgehead atoms. The summed E-state index contributed by atoms with van der Waals surface area (Å²) in [6.07, 6.45) is 2.81. The molecule has 1 amide bonds. The highest BCUT2D eigenvalue weighted by Gasteiger charge is 2.12. The van der Waals surface area contributed by atoms with Gasteiger partial charge in [0.05, 0.1) is 0 Å². The number of hydrogen-bond donors (Lipinski definition) is 1. The highest BCUT2D eigenvalue weighted by atomic mass is 79.9. The summed E-state index contributed by atoms with van der Waals surface area (Å²) in [7, 11) is 0. The molecule has 1 heterocycles. The van der Waals surface area contributed by atoms with Crippen LogP contribution in [0, 0.1) is 0 Å². The Morgan fingerprint density at radius 3 is 2.47 bits per heavy atom. The molecule has 0 aliphatic carbocycles. The summed E-state index contributed by atoms with van der Waals surface area (Å²) in [5, 5.41) is 0. The van der Waals surface area contributed by atoms with E-state index in [0.717, 1.165) is 4.47 Å². The molecule has 2 rings (SSSR count). The molecule has 0 unspecified atom stereocenters. The molecule has 1 aromatic carbocycles. The van der Waals surface area contributed by atoms with Crippen molar-refractivity contribution < 1.29 is 9.53 Å². The molecule has 0 atom stereocenters. The zero-order chi connectivity index (χ0) is 12.3. The number of hydrogen-bond acceptors (Lipinski definition) is 4. The summed E-state index contributed by atoms with van der Waals surface area (Å²) >= 11 is 3.31. The first-order valence-electron chi connectivity index (χ1n) is 4.71. The number of ether oxygens (including phenoxy) is 1. The molecule has 0 radical (unpaired) electrons. The van der Waals surface area contributed by atoms with Gasteiger partial charge in [-0.15, -0.1) is 0 Å². The van der Waals surface area contributed by atoms with Crippen molar-refractivity contribution in [3.05, 3.63) is 46.8 Å². The van der Waals surface area contributed by atoms with Crippen LogP contribution in [0.15, 0.2) is 41.1 Å². The number of halogens is 1. The number of nitrogens with two attached hydrogens (primary N) is 1. The Labute approximate surface area is 106 Å². The lowest BCUT2D eigenvalue weighted by Crippen LogP contribution is -2.14. The van der Waals surface area contributed by atoms with Crippen LogP contribution in [0.25, 0.3) is 0 Å². The number of rotatable bonds is 3. The normalized spacial score (nSPS) is 9.94. The van der Waals surface area contributed by atoms with Crippen LogP contribution in [-0.2, 0) is 0 Å². The molecule has 0 aliphatic rings. The van der Waals surface area contributed by atoms with Crippen molar-refractivity contribution in [3.63, 3.8) is 0 Å². The van der Waals surface area contributed by atoms with Gasteiger partial charge in [0.15, 0.2) is 5.69 Å². The standard InChI is InChI=1S/C11H8BrN3O2/c12-7-1-3-8(4-2-7)17-11-9(10(13)16)14-5-6-15-11/h1-6H,(H2,13,16). The van der Waals surface area contributed by atoms with Crippen LogP contribution in [-0.4, -0.2) is 15.9 Å². The number of primary amides is 1. The Bertz CT molecular complexity index is 543. The minimum atomic E-state index is -0.676. The maximum Gasteiger partial charge on any atom is 0.272 e. The number of aromatic nitrogens is 2. The molecule has 0 aliphatic heterocycles. The fourth-order valence-corrected chi connectivity index (χ4v) is 1.45. The summed E-state index contributed by atoms with van der Waals surface area (Å²) in [5.41, 5.74) is 5.17. The van der Waals surface area contributed by atoms with E-state index in [0.29, 0.717) is 5.75 Å².